The minimum Gasteiger partial charge on any atom is -0.493 e. The van der Waals surface area contributed by atoms with Gasteiger partial charge in [0.1, 0.15) is 11.6 Å². The lowest BCUT2D eigenvalue weighted by Crippen LogP contribution is -2.14. The summed E-state index contributed by atoms with van der Waals surface area (Å²) in [6, 6.07) is 8.97. The predicted octanol–water partition coefficient (Wildman–Crippen LogP) is 6.87. The van der Waals surface area contributed by atoms with Crippen LogP contribution in [0.2, 0.25) is 5.02 Å². The first-order valence-corrected chi connectivity index (χ1v) is 10.7. The number of ether oxygens (including phenoxy) is 2. The van der Waals surface area contributed by atoms with E-state index < -0.39 is 17.6 Å². The molecule has 2 aromatic rings. The van der Waals surface area contributed by atoms with E-state index in [1.807, 2.05) is 0 Å². The standard InChI is InChI=1S/C24H24ClF3N2O3/c1-3-4-5-6-10-33-22-20(25)12-16(13-21(22)32-2)11-17(15-29)23(31)30-19-9-7-8-18(14-19)24(26,27)28/h7-9,11-14H,3-6,10H2,1-2H3,(H,30,31)/b17-11+. The van der Waals surface area contributed by atoms with Crippen LogP contribution in [0.5, 0.6) is 11.5 Å². The zero-order chi connectivity index (χ0) is 24.4. The molecular weight excluding hydrogens is 457 g/mol. The number of hydrogen-bond acceptors (Lipinski definition) is 4. The first-order valence-electron chi connectivity index (χ1n) is 10.3. The number of carbonyl (C=O) groups excluding carboxylic acids is 1. The van der Waals surface area contributed by atoms with Gasteiger partial charge < -0.3 is 14.8 Å². The van der Waals surface area contributed by atoms with Gasteiger partial charge >= 0.3 is 6.18 Å². The molecule has 0 aliphatic carbocycles. The van der Waals surface area contributed by atoms with Crippen molar-refractivity contribution >= 4 is 29.3 Å². The molecule has 0 bridgehead atoms. The van der Waals surface area contributed by atoms with Crippen LogP contribution in [0, 0.1) is 11.3 Å². The molecule has 0 aliphatic heterocycles. The summed E-state index contributed by atoms with van der Waals surface area (Å²) in [7, 11) is 1.44. The fraction of sp³-hybridized carbons (Fsp3) is 0.333. The van der Waals surface area contributed by atoms with Crippen molar-refractivity contribution in [2.24, 2.45) is 0 Å². The first kappa shape index (κ1) is 26.1. The zero-order valence-corrected chi connectivity index (χ0v) is 19.0. The highest BCUT2D eigenvalue weighted by Crippen LogP contribution is 2.37. The Labute approximate surface area is 195 Å². The smallest absolute Gasteiger partial charge is 0.416 e. The molecular formula is C24H24ClF3N2O3. The third-order valence-corrected chi connectivity index (χ3v) is 4.90. The molecule has 0 aromatic heterocycles. The van der Waals surface area contributed by atoms with Gasteiger partial charge in [0.05, 0.1) is 24.3 Å². The number of nitriles is 1. The van der Waals surface area contributed by atoms with Crippen molar-refractivity contribution in [3.05, 3.63) is 58.1 Å². The lowest BCUT2D eigenvalue weighted by Gasteiger charge is -2.13. The molecule has 5 nitrogen and oxygen atoms in total. The van der Waals surface area contributed by atoms with Crippen LogP contribution < -0.4 is 14.8 Å². The van der Waals surface area contributed by atoms with Crippen molar-refractivity contribution < 1.29 is 27.4 Å². The van der Waals surface area contributed by atoms with Gasteiger partial charge in [-0.15, -0.1) is 0 Å². The molecule has 2 rings (SSSR count). The van der Waals surface area contributed by atoms with Gasteiger partial charge in [-0.25, -0.2) is 0 Å². The zero-order valence-electron chi connectivity index (χ0n) is 18.3. The highest BCUT2D eigenvalue weighted by atomic mass is 35.5. The van der Waals surface area contributed by atoms with Crippen molar-refractivity contribution in [1.82, 2.24) is 0 Å². The Morgan fingerprint density at radius 2 is 1.97 bits per heavy atom. The Hall–Kier alpha value is -3.18. The number of halogens is 4. The van der Waals surface area contributed by atoms with Crippen molar-refractivity contribution in [3.8, 4) is 17.6 Å². The van der Waals surface area contributed by atoms with E-state index in [0.29, 0.717) is 23.7 Å². The molecule has 0 heterocycles. The molecule has 33 heavy (non-hydrogen) atoms. The van der Waals surface area contributed by atoms with Crippen LogP contribution in [0.1, 0.15) is 43.7 Å². The van der Waals surface area contributed by atoms with Gasteiger partial charge in [-0.2, -0.15) is 18.4 Å². The summed E-state index contributed by atoms with van der Waals surface area (Å²) in [4.78, 5) is 12.5. The molecule has 9 heteroatoms. The van der Waals surface area contributed by atoms with Crippen molar-refractivity contribution in [2.45, 2.75) is 38.8 Å². The number of alkyl halides is 3. The van der Waals surface area contributed by atoms with Crippen molar-refractivity contribution in [1.29, 1.82) is 5.26 Å². The van der Waals surface area contributed by atoms with E-state index in [-0.39, 0.29) is 16.3 Å². The number of amides is 1. The van der Waals surface area contributed by atoms with E-state index >= 15 is 0 Å². The average Bonchev–Trinajstić information content (AvgIpc) is 2.77. The minimum absolute atomic E-state index is 0.0848. The summed E-state index contributed by atoms with van der Waals surface area (Å²) >= 11 is 6.33. The van der Waals surface area contributed by atoms with Crippen LogP contribution in [-0.2, 0) is 11.0 Å². The third-order valence-electron chi connectivity index (χ3n) is 4.62. The second-order valence-electron chi connectivity index (χ2n) is 7.15. The van der Waals surface area contributed by atoms with Gasteiger partial charge in [-0.05, 0) is 48.4 Å². The van der Waals surface area contributed by atoms with Crippen molar-refractivity contribution in [3.63, 3.8) is 0 Å². The number of nitrogens with zero attached hydrogens (tertiary/aromatic N) is 1. The number of carbonyl (C=O) groups is 1. The fourth-order valence-electron chi connectivity index (χ4n) is 2.95. The number of methoxy groups -OCH3 is 1. The van der Waals surface area contributed by atoms with E-state index in [2.05, 4.69) is 12.2 Å². The lowest BCUT2D eigenvalue weighted by atomic mass is 10.1. The molecule has 1 N–H and O–H groups in total. The van der Waals surface area contributed by atoms with Crippen LogP contribution in [0.25, 0.3) is 6.08 Å². The topological polar surface area (TPSA) is 71.3 Å². The fourth-order valence-corrected chi connectivity index (χ4v) is 3.23. The number of hydrogen-bond donors (Lipinski definition) is 1. The number of nitrogens with one attached hydrogen (secondary N) is 1. The van der Waals surface area contributed by atoms with Gasteiger partial charge in [0.25, 0.3) is 5.91 Å². The normalized spacial score (nSPS) is 11.6. The third kappa shape index (κ3) is 7.72. The number of benzene rings is 2. The van der Waals surface area contributed by atoms with E-state index in [0.717, 1.165) is 37.8 Å². The highest BCUT2D eigenvalue weighted by molar-refractivity contribution is 6.32. The van der Waals surface area contributed by atoms with E-state index in [9.17, 15) is 23.2 Å². The van der Waals surface area contributed by atoms with Gasteiger partial charge in [0.2, 0.25) is 0 Å². The molecule has 0 atom stereocenters. The van der Waals surface area contributed by atoms with E-state index in [1.165, 1.54) is 31.4 Å². The molecule has 0 saturated carbocycles. The summed E-state index contributed by atoms with van der Waals surface area (Å²) in [5, 5.41) is 12.0. The number of anilines is 1. The van der Waals surface area contributed by atoms with Crippen LogP contribution in [0.15, 0.2) is 42.0 Å². The molecule has 176 valence electrons. The van der Waals surface area contributed by atoms with Crippen LogP contribution in [-0.4, -0.2) is 19.6 Å². The van der Waals surface area contributed by atoms with Gasteiger partial charge in [0, 0.05) is 5.69 Å². The van der Waals surface area contributed by atoms with Crippen LogP contribution in [0.4, 0.5) is 18.9 Å². The minimum atomic E-state index is -4.55. The molecule has 0 saturated heterocycles. The second-order valence-corrected chi connectivity index (χ2v) is 7.55. The van der Waals surface area contributed by atoms with E-state index in [4.69, 9.17) is 21.1 Å². The Morgan fingerprint density at radius 1 is 1.21 bits per heavy atom. The quantitative estimate of drug-likeness (QED) is 0.229. The Morgan fingerprint density at radius 3 is 2.61 bits per heavy atom. The van der Waals surface area contributed by atoms with E-state index in [1.54, 1.807) is 12.1 Å². The lowest BCUT2D eigenvalue weighted by molar-refractivity contribution is -0.137. The SMILES string of the molecule is CCCCCCOc1c(Cl)cc(/C=C(\C#N)C(=O)Nc2cccc(C(F)(F)F)c2)cc1OC. The first-order chi connectivity index (χ1) is 15.7. The molecule has 0 fully saturated rings. The number of rotatable bonds is 10. The maximum absolute atomic E-state index is 12.9. The molecule has 0 radical (unpaired) electrons. The average molecular weight is 481 g/mol. The molecule has 0 aliphatic rings. The summed E-state index contributed by atoms with van der Waals surface area (Å²) < 4.78 is 49.7. The summed E-state index contributed by atoms with van der Waals surface area (Å²) in [5.41, 5.74) is -0.923. The Kier molecular flexibility index (Phi) is 9.61. The molecule has 2 aromatic carbocycles. The summed E-state index contributed by atoms with van der Waals surface area (Å²) in [6.45, 7) is 2.58. The van der Waals surface area contributed by atoms with Crippen molar-refractivity contribution in [2.75, 3.05) is 19.0 Å². The summed E-state index contributed by atoms with van der Waals surface area (Å²) in [5.74, 6) is -0.164. The number of unbranched alkanes of at least 4 members (excludes halogenated alkanes) is 3. The molecule has 0 unspecified atom stereocenters. The maximum atomic E-state index is 12.9. The van der Waals surface area contributed by atoms with Gasteiger partial charge in [-0.3, -0.25) is 4.79 Å². The van der Waals surface area contributed by atoms with Crippen LogP contribution in [0.3, 0.4) is 0 Å². The predicted molar refractivity (Wildman–Crippen MR) is 121 cm³/mol. The highest BCUT2D eigenvalue weighted by Gasteiger charge is 2.30. The molecule has 0 spiro atoms. The molecule has 1 amide bonds. The largest absolute Gasteiger partial charge is 0.493 e. The Balaban J connectivity index is 2.20. The maximum Gasteiger partial charge on any atom is 0.416 e. The Bertz CT molecular complexity index is 1050. The summed E-state index contributed by atoms with van der Waals surface area (Å²) in [6.07, 6.45) is 0.822. The van der Waals surface area contributed by atoms with Gasteiger partial charge in [-0.1, -0.05) is 43.9 Å². The second kappa shape index (κ2) is 12.2. The monoisotopic (exact) mass is 480 g/mol. The van der Waals surface area contributed by atoms with Crippen LogP contribution >= 0.6 is 11.6 Å². The van der Waals surface area contributed by atoms with Gasteiger partial charge in [0.15, 0.2) is 11.5 Å².